The van der Waals surface area contributed by atoms with Crippen LogP contribution >= 0.6 is 11.6 Å². The maximum atomic E-state index is 10.9. The van der Waals surface area contributed by atoms with Gasteiger partial charge in [-0.2, -0.15) is 0 Å². The second kappa shape index (κ2) is 5.84. The molecule has 104 valence electrons. The van der Waals surface area contributed by atoms with Crippen LogP contribution < -0.4 is 4.74 Å². The molecule has 0 aliphatic heterocycles. The molecule has 0 bridgehead atoms. The van der Waals surface area contributed by atoms with E-state index in [9.17, 15) is 9.90 Å². The van der Waals surface area contributed by atoms with E-state index in [0.717, 1.165) is 0 Å². The zero-order valence-electron chi connectivity index (χ0n) is 10.8. The SMILES string of the molecule is CCOc1ccc(-c2ccc(C(=O)O)c(O)c2)c(Cl)c1. The van der Waals surface area contributed by atoms with Gasteiger partial charge in [-0.15, -0.1) is 0 Å². The first-order valence-electron chi connectivity index (χ1n) is 6.02. The smallest absolute Gasteiger partial charge is 0.339 e. The van der Waals surface area contributed by atoms with Crippen LogP contribution in [0.25, 0.3) is 11.1 Å². The summed E-state index contributed by atoms with van der Waals surface area (Å²) in [5.41, 5.74) is 1.19. The van der Waals surface area contributed by atoms with Gasteiger partial charge < -0.3 is 14.9 Å². The van der Waals surface area contributed by atoms with E-state index in [4.69, 9.17) is 21.4 Å². The van der Waals surface area contributed by atoms with Gasteiger partial charge in [0.05, 0.1) is 11.6 Å². The topological polar surface area (TPSA) is 66.8 Å². The molecule has 0 spiro atoms. The number of carbonyl (C=O) groups is 1. The molecule has 0 saturated heterocycles. The molecular weight excluding hydrogens is 280 g/mol. The Morgan fingerprint density at radius 2 is 2.00 bits per heavy atom. The lowest BCUT2D eigenvalue weighted by atomic mass is 10.0. The molecule has 20 heavy (non-hydrogen) atoms. The summed E-state index contributed by atoms with van der Waals surface area (Å²) in [6, 6.07) is 9.55. The van der Waals surface area contributed by atoms with Gasteiger partial charge in [0.25, 0.3) is 0 Å². The van der Waals surface area contributed by atoms with Gasteiger partial charge in [0.15, 0.2) is 0 Å². The van der Waals surface area contributed by atoms with Crippen LogP contribution in [0.4, 0.5) is 0 Å². The molecule has 0 aromatic heterocycles. The molecule has 2 aromatic rings. The van der Waals surface area contributed by atoms with Crippen molar-refractivity contribution in [3.05, 3.63) is 47.0 Å². The van der Waals surface area contributed by atoms with Gasteiger partial charge in [0.1, 0.15) is 17.1 Å². The maximum absolute atomic E-state index is 10.9. The third-order valence-electron chi connectivity index (χ3n) is 2.79. The van der Waals surface area contributed by atoms with Crippen LogP contribution in [-0.4, -0.2) is 22.8 Å². The molecule has 0 radical (unpaired) electrons. The zero-order valence-corrected chi connectivity index (χ0v) is 11.5. The lowest BCUT2D eigenvalue weighted by Gasteiger charge is -2.09. The molecule has 5 heteroatoms. The molecule has 0 heterocycles. The van der Waals surface area contributed by atoms with Crippen LogP contribution in [0.2, 0.25) is 5.02 Å². The summed E-state index contributed by atoms with van der Waals surface area (Å²) in [7, 11) is 0. The Morgan fingerprint density at radius 3 is 2.55 bits per heavy atom. The average molecular weight is 293 g/mol. The molecule has 0 atom stereocenters. The lowest BCUT2D eigenvalue weighted by molar-refractivity contribution is 0.0694. The number of aromatic hydroxyl groups is 1. The number of hydrogen-bond acceptors (Lipinski definition) is 3. The monoisotopic (exact) mass is 292 g/mol. The first-order chi connectivity index (χ1) is 9.52. The quantitative estimate of drug-likeness (QED) is 0.899. The van der Waals surface area contributed by atoms with Gasteiger partial charge in [0.2, 0.25) is 0 Å². The van der Waals surface area contributed by atoms with Crippen molar-refractivity contribution in [3.8, 4) is 22.6 Å². The molecule has 2 rings (SSSR count). The van der Waals surface area contributed by atoms with E-state index in [1.54, 1.807) is 24.3 Å². The van der Waals surface area contributed by atoms with Crippen LogP contribution in [0.1, 0.15) is 17.3 Å². The van der Waals surface area contributed by atoms with E-state index < -0.39 is 5.97 Å². The number of carboxylic acid groups (broad SMARTS) is 1. The highest BCUT2D eigenvalue weighted by atomic mass is 35.5. The molecule has 0 aliphatic rings. The number of benzene rings is 2. The van der Waals surface area contributed by atoms with Crippen molar-refractivity contribution in [1.29, 1.82) is 0 Å². The first-order valence-corrected chi connectivity index (χ1v) is 6.39. The summed E-state index contributed by atoms with van der Waals surface area (Å²) in [5, 5.41) is 19.0. The minimum Gasteiger partial charge on any atom is -0.507 e. The number of aromatic carboxylic acids is 1. The summed E-state index contributed by atoms with van der Waals surface area (Å²) in [4.78, 5) is 10.9. The van der Waals surface area contributed by atoms with Gasteiger partial charge in [0, 0.05) is 5.56 Å². The number of carboxylic acids is 1. The normalized spacial score (nSPS) is 10.3. The first kappa shape index (κ1) is 14.2. The molecule has 0 fully saturated rings. The van der Waals surface area contributed by atoms with Crippen LogP contribution in [0, 0.1) is 0 Å². The van der Waals surface area contributed by atoms with E-state index in [2.05, 4.69) is 0 Å². The Kier molecular flexibility index (Phi) is 4.15. The third kappa shape index (κ3) is 2.86. The standard InChI is InChI=1S/C15H13ClO4/c1-2-20-10-4-6-11(13(16)8-10)9-3-5-12(15(18)19)14(17)7-9/h3-8,17H,2H2,1H3,(H,18,19). The highest BCUT2D eigenvalue weighted by molar-refractivity contribution is 6.33. The number of rotatable bonds is 4. The number of ether oxygens (including phenoxy) is 1. The lowest BCUT2D eigenvalue weighted by Crippen LogP contribution is -1.96. The molecule has 0 aliphatic carbocycles. The molecule has 4 nitrogen and oxygen atoms in total. The average Bonchev–Trinajstić information content (AvgIpc) is 2.38. The Hall–Kier alpha value is -2.20. The molecule has 0 saturated carbocycles. The van der Waals surface area contributed by atoms with E-state index in [0.29, 0.717) is 28.5 Å². The van der Waals surface area contributed by atoms with E-state index in [1.165, 1.54) is 12.1 Å². The van der Waals surface area contributed by atoms with Crippen molar-refractivity contribution >= 4 is 17.6 Å². The highest BCUT2D eigenvalue weighted by Crippen LogP contribution is 2.33. The van der Waals surface area contributed by atoms with Crippen molar-refractivity contribution in [3.63, 3.8) is 0 Å². The van der Waals surface area contributed by atoms with Crippen molar-refractivity contribution in [2.45, 2.75) is 6.92 Å². The molecular formula is C15H13ClO4. The largest absolute Gasteiger partial charge is 0.507 e. The Bertz CT molecular complexity index is 652. The maximum Gasteiger partial charge on any atom is 0.339 e. The summed E-state index contributed by atoms with van der Waals surface area (Å²) in [5.74, 6) is -0.806. The predicted molar refractivity (Wildman–Crippen MR) is 76.7 cm³/mol. The fraction of sp³-hybridized carbons (Fsp3) is 0.133. The molecule has 2 N–H and O–H groups in total. The van der Waals surface area contributed by atoms with E-state index in [-0.39, 0.29) is 11.3 Å². The van der Waals surface area contributed by atoms with Crippen molar-refractivity contribution in [2.75, 3.05) is 6.61 Å². The van der Waals surface area contributed by atoms with Crippen molar-refractivity contribution in [2.24, 2.45) is 0 Å². The fourth-order valence-corrected chi connectivity index (χ4v) is 2.15. The minimum absolute atomic E-state index is 0.143. The Balaban J connectivity index is 2.41. The highest BCUT2D eigenvalue weighted by Gasteiger charge is 2.12. The van der Waals surface area contributed by atoms with E-state index >= 15 is 0 Å². The zero-order chi connectivity index (χ0) is 14.7. The molecule has 0 unspecified atom stereocenters. The van der Waals surface area contributed by atoms with Crippen LogP contribution in [0.5, 0.6) is 11.5 Å². The Labute approximate surface area is 121 Å². The second-order valence-corrected chi connectivity index (χ2v) is 4.52. The van der Waals surface area contributed by atoms with Crippen molar-refractivity contribution < 1.29 is 19.7 Å². The van der Waals surface area contributed by atoms with Crippen LogP contribution in [-0.2, 0) is 0 Å². The van der Waals surface area contributed by atoms with Crippen LogP contribution in [0.3, 0.4) is 0 Å². The summed E-state index contributed by atoms with van der Waals surface area (Å²) < 4.78 is 5.34. The van der Waals surface area contributed by atoms with Crippen molar-refractivity contribution in [1.82, 2.24) is 0 Å². The molecule has 2 aromatic carbocycles. The summed E-state index contributed by atoms with van der Waals surface area (Å²) >= 11 is 6.18. The summed E-state index contributed by atoms with van der Waals surface area (Å²) in [6.07, 6.45) is 0. The van der Waals surface area contributed by atoms with Gasteiger partial charge in [-0.05, 0) is 42.8 Å². The predicted octanol–water partition coefficient (Wildman–Crippen LogP) is 3.81. The molecule has 0 amide bonds. The summed E-state index contributed by atoms with van der Waals surface area (Å²) in [6.45, 7) is 2.42. The fourth-order valence-electron chi connectivity index (χ4n) is 1.87. The van der Waals surface area contributed by atoms with Gasteiger partial charge in [-0.1, -0.05) is 17.7 Å². The van der Waals surface area contributed by atoms with Crippen LogP contribution in [0.15, 0.2) is 36.4 Å². The minimum atomic E-state index is -1.17. The van der Waals surface area contributed by atoms with E-state index in [1.807, 2.05) is 6.92 Å². The third-order valence-corrected chi connectivity index (χ3v) is 3.10. The van der Waals surface area contributed by atoms with Gasteiger partial charge in [-0.25, -0.2) is 4.79 Å². The van der Waals surface area contributed by atoms with Gasteiger partial charge >= 0.3 is 5.97 Å². The number of halogens is 1. The number of hydrogen-bond donors (Lipinski definition) is 2. The number of phenols is 1. The Morgan fingerprint density at radius 1 is 1.25 bits per heavy atom. The second-order valence-electron chi connectivity index (χ2n) is 4.11. The van der Waals surface area contributed by atoms with Gasteiger partial charge in [-0.3, -0.25) is 0 Å².